The molecule has 0 radical (unpaired) electrons. The maximum Gasteiger partial charge on any atom is 0.174 e. The molecule has 1 atom stereocenters. The molecule has 3 rings (SSSR count). The second kappa shape index (κ2) is 8.53. The average molecular weight is 410 g/mol. The van der Waals surface area contributed by atoms with Gasteiger partial charge in [0.05, 0.1) is 6.42 Å². The number of Topliss-reactive ketones (excluding diaryl/α,β-unsaturated/α-hetero) is 1. The molecule has 1 heterocycles. The molecule has 0 saturated carbocycles. The number of fused-ring (bicyclic) bond motifs is 1. The Bertz CT molecular complexity index is 1040. The summed E-state index contributed by atoms with van der Waals surface area (Å²) in [5.74, 6) is -1.34. The topological polar surface area (TPSA) is 107 Å². The van der Waals surface area contributed by atoms with E-state index in [4.69, 9.17) is 4.74 Å². The van der Waals surface area contributed by atoms with Crippen molar-refractivity contribution in [2.45, 2.75) is 46.1 Å². The molecule has 0 aliphatic carbocycles. The van der Waals surface area contributed by atoms with E-state index in [9.17, 15) is 25.2 Å². The largest absolute Gasteiger partial charge is 0.508 e. The van der Waals surface area contributed by atoms with Gasteiger partial charge in [0.25, 0.3) is 0 Å². The van der Waals surface area contributed by atoms with Crippen molar-refractivity contribution in [1.82, 2.24) is 0 Å². The first-order valence-electron chi connectivity index (χ1n) is 9.79. The van der Waals surface area contributed by atoms with Gasteiger partial charge in [-0.15, -0.1) is 0 Å². The number of unbranched alkanes of at least 4 members (excludes halogenated alkanes) is 1. The number of aromatic hydroxyl groups is 4. The van der Waals surface area contributed by atoms with Gasteiger partial charge in [-0.05, 0) is 56.9 Å². The number of carbonyl (C=O) groups excluding carboxylic acids is 1. The second-order valence-corrected chi connectivity index (χ2v) is 7.75. The molecule has 0 fully saturated rings. The number of rotatable bonds is 5. The predicted molar refractivity (Wildman–Crippen MR) is 114 cm³/mol. The SMILES string of the molecule is CC(C)=CCC/C=C(\C)c1cc([C@@H]2CC(=O)c3c(O)cc(O)cc3O2)cc(O)c1O. The summed E-state index contributed by atoms with van der Waals surface area (Å²) in [5, 5.41) is 40.3. The number of allylic oxidation sites excluding steroid dienone is 4. The molecule has 2 aromatic carbocycles. The van der Waals surface area contributed by atoms with Gasteiger partial charge in [0.1, 0.15) is 28.9 Å². The minimum absolute atomic E-state index is 0.0302. The molecule has 0 bridgehead atoms. The van der Waals surface area contributed by atoms with Crippen molar-refractivity contribution in [3.8, 4) is 28.7 Å². The summed E-state index contributed by atoms with van der Waals surface area (Å²) >= 11 is 0. The number of phenols is 4. The van der Waals surface area contributed by atoms with Gasteiger partial charge < -0.3 is 25.2 Å². The van der Waals surface area contributed by atoms with Crippen LogP contribution in [0.2, 0.25) is 0 Å². The number of ketones is 1. The van der Waals surface area contributed by atoms with Crippen LogP contribution in [0.1, 0.15) is 67.6 Å². The average Bonchev–Trinajstić information content (AvgIpc) is 2.65. The van der Waals surface area contributed by atoms with Crippen molar-refractivity contribution in [2.75, 3.05) is 0 Å². The lowest BCUT2D eigenvalue weighted by Crippen LogP contribution is -2.20. The molecule has 0 saturated heterocycles. The van der Waals surface area contributed by atoms with Crippen LogP contribution in [-0.2, 0) is 0 Å². The smallest absolute Gasteiger partial charge is 0.174 e. The lowest BCUT2D eigenvalue weighted by Gasteiger charge is -2.26. The second-order valence-electron chi connectivity index (χ2n) is 7.75. The molecule has 1 aliphatic rings. The van der Waals surface area contributed by atoms with Gasteiger partial charge in [0.15, 0.2) is 17.3 Å². The highest BCUT2D eigenvalue weighted by atomic mass is 16.5. The Morgan fingerprint density at radius 2 is 1.70 bits per heavy atom. The van der Waals surface area contributed by atoms with Crippen molar-refractivity contribution >= 4 is 11.4 Å². The zero-order chi connectivity index (χ0) is 22.0. The van der Waals surface area contributed by atoms with Crippen LogP contribution >= 0.6 is 0 Å². The summed E-state index contributed by atoms with van der Waals surface area (Å²) < 4.78 is 5.84. The molecular formula is C24H26O6. The first kappa shape index (κ1) is 21.3. The zero-order valence-corrected chi connectivity index (χ0v) is 17.3. The van der Waals surface area contributed by atoms with E-state index in [1.807, 2.05) is 26.8 Å². The maximum absolute atomic E-state index is 12.6. The van der Waals surface area contributed by atoms with Crippen molar-refractivity contribution in [3.05, 3.63) is 58.7 Å². The highest BCUT2D eigenvalue weighted by Crippen LogP contribution is 2.44. The van der Waals surface area contributed by atoms with E-state index in [2.05, 4.69) is 6.08 Å². The summed E-state index contributed by atoms with van der Waals surface area (Å²) in [6, 6.07) is 5.41. The number of phenolic OH excluding ortho intramolecular Hbond substituents is 4. The van der Waals surface area contributed by atoms with Gasteiger partial charge in [-0.3, -0.25) is 4.79 Å². The van der Waals surface area contributed by atoms with E-state index >= 15 is 0 Å². The van der Waals surface area contributed by atoms with E-state index < -0.39 is 6.10 Å². The van der Waals surface area contributed by atoms with Crippen molar-refractivity contribution < 1.29 is 30.0 Å². The normalized spacial score (nSPS) is 16.0. The Morgan fingerprint density at radius 1 is 1.00 bits per heavy atom. The molecule has 0 amide bonds. The summed E-state index contributed by atoms with van der Waals surface area (Å²) in [6.45, 7) is 5.92. The molecule has 6 nitrogen and oxygen atoms in total. The molecule has 0 aromatic heterocycles. The van der Waals surface area contributed by atoms with Crippen molar-refractivity contribution in [1.29, 1.82) is 0 Å². The van der Waals surface area contributed by atoms with Crippen LogP contribution in [0, 0.1) is 0 Å². The Hall–Kier alpha value is -3.41. The third-order valence-corrected chi connectivity index (χ3v) is 5.06. The van der Waals surface area contributed by atoms with Gasteiger partial charge in [-0.1, -0.05) is 17.7 Å². The number of benzene rings is 2. The lowest BCUT2D eigenvalue weighted by atomic mass is 9.92. The van der Waals surface area contributed by atoms with Crippen LogP contribution in [0.3, 0.4) is 0 Å². The highest BCUT2D eigenvalue weighted by Gasteiger charge is 2.31. The Balaban J connectivity index is 1.93. The fourth-order valence-corrected chi connectivity index (χ4v) is 3.52. The minimum atomic E-state index is -0.727. The van der Waals surface area contributed by atoms with E-state index in [1.165, 1.54) is 17.7 Å². The summed E-state index contributed by atoms with van der Waals surface area (Å²) in [7, 11) is 0. The van der Waals surface area contributed by atoms with E-state index in [1.54, 1.807) is 6.07 Å². The first-order valence-corrected chi connectivity index (χ1v) is 9.79. The van der Waals surface area contributed by atoms with Crippen LogP contribution in [-0.4, -0.2) is 26.2 Å². The van der Waals surface area contributed by atoms with Gasteiger partial charge >= 0.3 is 0 Å². The molecule has 2 aromatic rings. The molecule has 0 unspecified atom stereocenters. The third kappa shape index (κ3) is 4.43. The minimum Gasteiger partial charge on any atom is -0.508 e. The van der Waals surface area contributed by atoms with Gasteiger partial charge in [0, 0.05) is 17.7 Å². The van der Waals surface area contributed by atoms with E-state index in [0.717, 1.165) is 24.5 Å². The molecule has 158 valence electrons. The van der Waals surface area contributed by atoms with Gasteiger partial charge in [0.2, 0.25) is 0 Å². The van der Waals surface area contributed by atoms with Crippen LogP contribution in [0.15, 0.2) is 42.0 Å². The number of carbonyl (C=O) groups is 1. The summed E-state index contributed by atoms with van der Waals surface area (Å²) in [6.07, 6.45) is 4.99. The molecule has 6 heteroatoms. The Labute approximate surface area is 175 Å². The highest BCUT2D eigenvalue weighted by molar-refractivity contribution is 6.02. The zero-order valence-electron chi connectivity index (χ0n) is 17.3. The molecule has 0 spiro atoms. The van der Waals surface area contributed by atoms with Gasteiger partial charge in [-0.25, -0.2) is 0 Å². The van der Waals surface area contributed by atoms with E-state index in [-0.39, 0.29) is 46.5 Å². The third-order valence-electron chi connectivity index (χ3n) is 5.06. The van der Waals surface area contributed by atoms with E-state index in [0.29, 0.717) is 11.1 Å². The van der Waals surface area contributed by atoms with Crippen LogP contribution in [0.25, 0.3) is 5.57 Å². The molecular weight excluding hydrogens is 384 g/mol. The monoisotopic (exact) mass is 410 g/mol. The first-order chi connectivity index (χ1) is 14.2. The Kier molecular flexibility index (Phi) is 6.06. The summed E-state index contributed by atoms with van der Waals surface area (Å²) in [5.41, 5.74) is 3.04. The van der Waals surface area contributed by atoms with Gasteiger partial charge in [-0.2, -0.15) is 0 Å². The van der Waals surface area contributed by atoms with Crippen molar-refractivity contribution in [3.63, 3.8) is 0 Å². The number of hydrogen-bond donors (Lipinski definition) is 4. The molecule has 30 heavy (non-hydrogen) atoms. The predicted octanol–water partition coefficient (Wildman–Crippen LogP) is 5.37. The van der Waals surface area contributed by atoms with Crippen molar-refractivity contribution in [2.24, 2.45) is 0 Å². The van der Waals surface area contributed by atoms with Crippen LogP contribution in [0.5, 0.6) is 28.7 Å². The molecule has 4 N–H and O–H groups in total. The standard InChI is InChI=1S/C24H26O6/c1-13(2)6-4-5-7-14(3)17-8-15(9-20(28)24(17)29)21-12-19(27)23-18(26)10-16(25)11-22(23)30-21/h6-11,21,25-26,28-29H,4-5,12H2,1-3H3/b14-7+/t21-/m0/s1. The van der Waals surface area contributed by atoms with Crippen LogP contribution < -0.4 is 4.74 Å². The molecule has 1 aliphatic heterocycles. The quantitative estimate of drug-likeness (QED) is 0.300. The fourth-order valence-electron chi connectivity index (χ4n) is 3.52. The Morgan fingerprint density at radius 3 is 2.40 bits per heavy atom. The number of ether oxygens (including phenoxy) is 1. The summed E-state index contributed by atoms with van der Waals surface area (Å²) in [4.78, 5) is 12.6. The maximum atomic E-state index is 12.6. The fraction of sp³-hybridized carbons (Fsp3) is 0.292. The van der Waals surface area contributed by atoms with Crippen LogP contribution in [0.4, 0.5) is 0 Å². The lowest BCUT2D eigenvalue weighted by molar-refractivity contribution is 0.0844. The number of hydrogen-bond acceptors (Lipinski definition) is 6.